The Labute approximate surface area is 201 Å². The second-order valence-corrected chi connectivity index (χ2v) is 9.50. The van der Waals surface area contributed by atoms with Crippen LogP contribution in [0.2, 0.25) is 0 Å². The van der Waals surface area contributed by atoms with E-state index in [0.717, 1.165) is 51.4 Å². The van der Waals surface area contributed by atoms with Crippen molar-refractivity contribution >= 4 is 17.3 Å². The fraction of sp³-hybridized carbons (Fsp3) is 0.889. The minimum Gasteiger partial charge on any atom is -0.386 e. The van der Waals surface area contributed by atoms with Gasteiger partial charge in [-0.3, -0.25) is 14.4 Å². The molecule has 0 aromatic carbocycles. The molecule has 0 fully saturated rings. The number of unbranched alkanes of at least 4 members (excludes halogenated alkanes) is 6. The molecule has 5 atom stereocenters. The standard InChI is InChI=1S/C27H50O6/c1-6-11-14-15-16-19-22(28)27(33,25(31)21(10-5)18-13-8-3)26(32)24(30)23(29)20(9-4)17-12-7-2/h20-21,24,26,30,32-33H,6-19H2,1-5H3. The molecule has 3 N–H and O–H groups in total. The van der Waals surface area contributed by atoms with Crippen LogP contribution in [0.25, 0.3) is 0 Å². The lowest BCUT2D eigenvalue weighted by atomic mass is 9.74. The molecule has 6 heteroatoms. The second-order valence-electron chi connectivity index (χ2n) is 9.50. The molecule has 0 spiro atoms. The number of hydrogen-bond donors (Lipinski definition) is 3. The van der Waals surface area contributed by atoms with Crippen molar-refractivity contribution in [1.29, 1.82) is 0 Å². The molecule has 0 aliphatic carbocycles. The van der Waals surface area contributed by atoms with Crippen molar-refractivity contribution in [3.63, 3.8) is 0 Å². The first-order valence-electron chi connectivity index (χ1n) is 13.4. The Morgan fingerprint density at radius 3 is 1.67 bits per heavy atom. The van der Waals surface area contributed by atoms with E-state index in [1.54, 1.807) is 6.92 Å². The first-order chi connectivity index (χ1) is 15.7. The summed E-state index contributed by atoms with van der Waals surface area (Å²) in [5.41, 5.74) is -2.77. The normalized spacial score (nSPS) is 17.1. The number of aliphatic hydroxyl groups is 3. The lowest BCUT2D eigenvalue weighted by Gasteiger charge is -2.35. The summed E-state index contributed by atoms with van der Waals surface area (Å²) >= 11 is 0. The summed E-state index contributed by atoms with van der Waals surface area (Å²) < 4.78 is 0. The Bertz CT molecular complexity index is 575. The highest BCUT2D eigenvalue weighted by Gasteiger charge is 2.54. The Kier molecular flexibility index (Phi) is 16.8. The molecule has 0 rings (SSSR count). The van der Waals surface area contributed by atoms with E-state index in [0.29, 0.717) is 32.1 Å². The third kappa shape index (κ3) is 9.58. The Morgan fingerprint density at radius 1 is 0.697 bits per heavy atom. The average molecular weight is 471 g/mol. The highest BCUT2D eigenvalue weighted by atomic mass is 16.4. The largest absolute Gasteiger partial charge is 0.386 e. The quantitative estimate of drug-likeness (QED) is 0.162. The molecule has 33 heavy (non-hydrogen) atoms. The van der Waals surface area contributed by atoms with E-state index in [9.17, 15) is 29.7 Å². The van der Waals surface area contributed by atoms with E-state index in [-0.39, 0.29) is 6.42 Å². The first kappa shape index (κ1) is 31.9. The Balaban J connectivity index is 5.83. The van der Waals surface area contributed by atoms with Crippen LogP contribution in [0.3, 0.4) is 0 Å². The summed E-state index contributed by atoms with van der Waals surface area (Å²) in [5.74, 6) is -3.27. The predicted molar refractivity (Wildman–Crippen MR) is 132 cm³/mol. The summed E-state index contributed by atoms with van der Waals surface area (Å²) in [6.07, 6.45) is 5.33. The number of carbonyl (C=O) groups is 3. The minimum absolute atomic E-state index is 0.0683. The monoisotopic (exact) mass is 470 g/mol. The number of hydrogen-bond acceptors (Lipinski definition) is 6. The van der Waals surface area contributed by atoms with Crippen molar-refractivity contribution in [1.82, 2.24) is 0 Å². The predicted octanol–water partition coefficient (Wildman–Crippen LogP) is 4.94. The third-order valence-electron chi connectivity index (χ3n) is 6.90. The summed E-state index contributed by atoms with van der Waals surface area (Å²) in [6, 6.07) is 0. The van der Waals surface area contributed by atoms with E-state index in [2.05, 4.69) is 6.92 Å². The molecule has 0 aromatic heterocycles. The molecule has 0 bridgehead atoms. The van der Waals surface area contributed by atoms with Gasteiger partial charge in [0.15, 0.2) is 17.3 Å². The molecule has 194 valence electrons. The van der Waals surface area contributed by atoms with Crippen molar-refractivity contribution in [3.8, 4) is 0 Å². The van der Waals surface area contributed by atoms with Crippen molar-refractivity contribution in [3.05, 3.63) is 0 Å². The zero-order valence-corrected chi connectivity index (χ0v) is 21.8. The number of ketones is 3. The van der Waals surface area contributed by atoms with Gasteiger partial charge in [0.05, 0.1) is 0 Å². The summed E-state index contributed by atoms with van der Waals surface area (Å²) in [4.78, 5) is 39.5. The smallest absolute Gasteiger partial charge is 0.210 e. The number of aliphatic hydroxyl groups excluding tert-OH is 2. The minimum atomic E-state index is -2.77. The molecule has 0 saturated carbocycles. The maximum Gasteiger partial charge on any atom is 0.210 e. The maximum atomic E-state index is 13.4. The number of carbonyl (C=O) groups excluding carboxylic acids is 3. The van der Waals surface area contributed by atoms with E-state index in [4.69, 9.17) is 0 Å². The number of rotatable bonds is 21. The van der Waals surface area contributed by atoms with Crippen LogP contribution in [0.15, 0.2) is 0 Å². The van der Waals surface area contributed by atoms with Gasteiger partial charge in [0.2, 0.25) is 5.60 Å². The van der Waals surface area contributed by atoms with Crippen LogP contribution in [0.1, 0.15) is 125 Å². The van der Waals surface area contributed by atoms with Crippen LogP contribution < -0.4 is 0 Å². The Hall–Kier alpha value is -1.11. The highest BCUT2D eigenvalue weighted by Crippen LogP contribution is 2.29. The van der Waals surface area contributed by atoms with Crippen LogP contribution in [-0.4, -0.2) is 50.5 Å². The van der Waals surface area contributed by atoms with Crippen molar-refractivity contribution in [2.75, 3.05) is 0 Å². The van der Waals surface area contributed by atoms with E-state index < -0.39 is 47.0 Å². The van der Waals surface area contributed by atoms with E-state index in [1.807, 2.05) is 20.8 Å². The summed E-state index contributed by atoms with van der Waals surface area (Å²) in [5, 5.41) is 33.1. The zero-order valence-electron chi connectivity index (χ0n) is 21.8. The van der Waals surface area contributed by atoms with E-state index >= 15 is 0 Å². The lowest BCUT2D eigenvalue weighted by molar-refractivity contribution is -0.178. The van der Waals surface area contributed by atoms with E-state index in [1.165, 1.54) is 0 Å². The van der Waals surface area contributed by atoms with Crippen LogP contribution in [0, 0.1) is 11.8 Å². The Morgan fingerprint density at radius 2 is 1.18 bits per heavy atom. The van der Waals surface area contributed by atoms with Gasteiger partial charge in [0.25, 0.3) is 0 Å². The summed E-state index contributed by atoms with van der Waals surface area (Å²) in [6.45, 7) is 9.71. The SMILES string of the molecule is CCCCCCCC(=O)C(O)(C(=O)C(CC)CCCC)C(O)C(O)C(=O)C(CC)CCCC. The van der Waals surface area contributed by atoms with Gasteiger partial charge < -0.3 is 15.3 Å². The molecule has 5 unspecified atom stereocenters. The fourth-order valence-electron chi connectivity index (χ4n) is 4.43. The van der Waals surface area contributed by atoms with Gasteiger partial charge in [-0.2, -0.15) is 0 Å². The second kappa shape index (κ2) is 17.3. The maximum absolute atomic E-state index is 13.4. The molecular formula is C27H50O6. The molecule has 0 radical (unpaired) electrons. The molecule has 6 nitrogen and oxygen atoms in total. The molecule has 0 heterocycles. The third-order valence-corrected chi connectivity index (χ3v) is 6.90. The van der Waals surface area contributed by atoms with Gasteiger partial charge >= 0.3 is 0 Å². The van der Waals surface area contributed by atoms with Crippen molar-refractivity contribution in [2.45, 2.75) is 142 Å². The van der Waals surface area contributed by atoms with Gasteiger partial charge in [-0.1, -0.05) is 86.0 Å². The van der Waals surface area contributed by atoms with Crippen molar-refractivity contribution < 1.29 is 29.7 Å². The van der Waals surface area contributed by atoms with Gasteiger partial charge in [-0.05, 0) is 32.1 Å². The molecule has 0 saturated heterocycles. The molecule has 0 amide bonds. The van der Waals surface area contributed by atoms with Gasteiger partial charge in [0.1, 0.15) is 12.2 Å². The van der Waals surface area contributed by atoms with Gasteiger partial charge in [-0.25, -0.2) is 0 Å². The molecule has 0 aromatic rings. The zero-order chi connectivity index (χ0) is 25.4. The molecule has 0 aliphatic rings. The van der Waals surface area contributed by atoms with Crippen LogP contribution in [-0.2, 0) is 14.4 Å². The molecular weight excluding hydrogens is 420 g/mol. The first-order valence-corrected chi connectivity index (χ1v) is 13.4. The molecule has 0 aliphatic heterocycles. The van der Waals surface area contributed by atoms with Crippen molar-refractivity contribution in [2.24, 2.45) is 11.8 Å². The topological polar surface area (TPSA) is 112 Å². The lowest BCUT2D eigenvalue weighted by Crippen LogP contribution is -2.63. The van der Waals surface area contributed by atoms with Crippen LogP contribution >= 0.6 is 0 Å². The van der Waals surface area contributed by atoms with Gasteiger partial charge in [-0.15, -0.1) is 0 Å². The summed E-state index contributed by atoms with van der Waals surface area (Å²) in [7, 11) is 0. The van der Waals surface area contributed by atoms with Gasteiger partial charge in [0, 0.05) is 18.3 Å². The van der Waals surface area contributed by atoms with Crippen LogP contribution in [0.4, 0.5) is 0 Å². The fourth-order valence-corrected chi connectivity index (χ4v) is 4.43. The average Bonchev–Trinajstić information content (AvgIpc) is 2.82. The highest BCUT2D eigenvalue weighted by molar-refractivity contribution is 6.12. The van der Waals surface area contributed by atoms with Crippen LogP contribution in [0.5, 0.6) is 0 Å². The number of Topliss-reactive ketones (excluding diaryl/α,β-unsaturated/α-hetero) is 3.